The van der Waals surface area contributed by atoms with E-state index >= 15 is 0 Å². The lowest BCUT2D eigenvalue weighted by atomic mass is 9.92. The maximum absolute atomic E-state index is 13.2. The summed E-state index contributed by atoms with van der Waals surface area (Å²) in [5.74, 6) is 1.94. The molecular formula is C20H26N4O2. The number of carbonyl (C=O) groups is 1. The lowest BCUT2D eigenvalue weighted by Crippen LogP contribution is -2.33. The summed E-state index contributed by atoms with van der Waals surface area (Å²) in [7, 11) is 0. The van der Waals surface area contributed by atoms with Crippen LogP contribution in [0.25, 0.3) is 5.69 Å². The van der Waals surface area contributed by atoms with Crippen LogP contribution in [0, 0.1) is 11.8 Å². The van der Waals surface area contributed by atoms with E-state index in [2.05, 4.69) is 10.4 Å². The Hall–Kier alpha value is -2.34. The highest BCUT2D eigenvalue weighted by atomic mass is 16.5. The average Bonchev–Trinajstić information content (AvgIpc) is 3.25. The quantitative estimate of drug-likeness (QED) is 0.916. The zero-order valence-corrected chi connectivity index (χ0v) is 15.2. The fourth-order valence-electron chi connectivity index (χ4n) is 4.05. The van der Waals surface area contributed by atoms with Crippen LogP contribution in [0.1, 0.15) is 30.3 Å². The Morgan fingerprint density at radius 2 is 1.88 bits per heavy atom. The van der Waals surface area contributed by atoms with Crippen LogP contribution in [-0.2, 0) is 0 Å². The number of ether oxygens (including phenoxy) is 1. The fourth-order valence-corrected chi connectivity index (χ4v) is 4.05. The smallest absolute Gasteiger partial charge is 0.278 e. The second kappa shape index (κ2) is 7.50. The van der Waals surface area contributed by atoms with Gasteiger partial charge in [0, 0.05) is 13.1 Å². The van der Waals surface area contributed by atoms with E-state index in [-0.39, 0.29) is 5.91 Å². The monoisotopic (exact) mass is 354 g/mol. The second-order valence-corrected chi connectivity index (χ2v) is 7.10. The molecule has 0 unspecified atom stereocenters. The number of hydrogen-bond acceptors (Lipinski definition) is 4. The van der Waals surface area contributed by atoms with E-state index in [1.165, 1.54) is 0 Å². The van der Waals surface area contributed by atoms with Crippen molar-refractivity contribution in [3.8, 4) is 11.4 Å². The van der Waals surface area contributed by atoms with Gasteiger partial charge in [0.25, 0.3) is 5.91 Å². The van der Waals surface area contributed by atoms with Crippen molar-refractivity contribution >= 4 is 5.91 Å². The van der Waals surface area contributed by atoms with Gasteiger partial charge in [0.1, 0.15) is 0 Å². The lowest BCUT2D eigenvalue weighted by Gasteiger charge is -2.20. The molecule has 2 fully saturated rings. The molecule has 0 saturated carbocycles. The predicted octanol–water partition coefficient (Wildman–Crippen LogP) is 2.34. The summed E-state index contributed by atoms with van der Waals surface area (Å²) in [4.78, 5) is 15.1. The Bertz CT molecular complexity index is 744. The standard InChI is InChI=1S/C20H26N4O2/c1-2-26-18-14-24(17-6-4-3-5-7-17)22-19(18)20(25)23-10-8-15-12-21-13-16(15)9-11-23/h3-7,14-16,21H,2,8-13H2,1H3/t15-,16+. The molecule has 2 aliphatic heterocycles. The molecule has 2 saturated heterocycles. The Kier molecular flexibility index (Phi) is 4.93. The van der Waals surface area contributed by atoms with E-state index in [4.69, 9.17) is 4.74 Å². The number of amides is 1. The molecule has 1 aromatic heterocycles. The van der Waals surface area contributed by atoms with E-state index in [1.54, 1.807) is 4.68 Å². The molecule has 4 rings (SSSR count). The molecule has 1 N–H and O–H groups in total. The first kappa shape index (κ1) is 17.1. The molecule has 1 amide bonds. The van der Waals surface area contributed by atoms with Crippen LogP contribution in [0.2, 0.25) is 0 Å². The van der Waals surface area contributed by atoms with Crippen LogP contribution in [0.4, 0.5) is 0 Å². The molecule has 6 heteroatoms. The number of hydrogen-bond donors (Lipinski definition) is 1. The molecular weight excluding hydrogens is 328 g/mol. The molecule has 2 aliphatic rings. The summed E-state index contributed by atoms with van der Waals surface area (Å²) in [6.45, 7) is 6.20. The van der Waals surface area contributed by atoms with Crippen molar-refractivity contribution in [1.82, 2.24) is 20.0 Å². The van der Waals surface area contributed by atoms with Crippen LogP contribution < -0.4 is 10.1 Å². The van der Waals surface area contributed by atoms with Crippen LogP contribution in [-0.4, -0.2) is 53.4 Å². The van der Waals surface area contributed by atoms with Gasteiger partial charge in [0.05, 0.1) is 18.5 Å². The molecule has 0 radical (unpaired) electrons. The van der Waals surface area contributed by atoms with Crippen molar-refractivity contribution in [3.63, 3.8) is 0 Å². The van der Waals surface area contributed by atoms with Gasteiger partial charge in [-0.3, -0.25) is 4.79 Å². The van der Waals surface area contributed by atoms with Crippen molar-refractivity contribution in [1.29, 1.82) is 0 Å². The van der Waals surface area contributed by atoms with Gasteiger partial charge < -0.3 is 15.0 Å². The molecule has 2 aromatic rings. The lowest BCUT2D eigenvalue weighted by molar-refractivity contribution is 0.0748. The minimum Gasteiger partial charge on any atom is -0.490 e. The van der Waals surface area contributed by atoms with Gasteiger partial charge in [-0.1, -0.05) is 18.2 Å². The SMILES string of the molecule is CCOc1cn(-c2ccccc2)nc1C(=O)N1CC[C@@H]2CNC[C@@H]2CC1. The maximum Gasteiger partial charge on any atom is 0.278 e. The zero-order valence-electron chi connectivity index (χ0n) is 15.2. The van der Waals surface area contributed by atoms with E-state index in [0.29, 0.717) is 29.9 Å². The van der Waals surface area contributed by atoms with Crippen molar-refractivity contribution in [2.75, 3.05) is 32.8 Å². The Morgan fingerprint density at radius 3 is 2.54 bits per heavy atom. The first-order valence-electron chi connectivity index (χ1n) is 9.54. The van der Waals surface area contributed by atoms with Gasteiger partial charge in [-0.2, -0.15) is 5.10 Å². The Morgan fingerprint density at radius 1 is 1.19 bits per heavy atom. The highest BCUT2D eigenvalue weighted by Crippen LogP contribution is 2.29. The third-order valence-electron chi connectivity index (χ3n) is 5.51. The zero-order chi connectivity index (χ0) is 17.9. The van der Waals surface area contributed by atoms with E-state index in [1.807, 2.05) is 48.4 Å². The number of aromatic nitrogens is 2. The van der Waals surface area contributed by atoms with Crippen LogP contribution >= 0.6 is 0 Å². The summed E-state index contributed by atoms with van der Waals surface area (Å²) in [6, 6.07) is 9.82. The molecule has 0 aliphatic carbocycles. The van der Waals surface area contributed by atoms with E-state index < -0.39 is 0 Å². The maximum atomic E-state index is 13.2. The summed E-state index contributed by atoms with van der Waals surface area (Å²) in [6.07, 6.45) is 3.93. The molecule has 26 heavy (non-hydrogen) atoms. The van der Waals surface area contributed by atoms with Crippen molar-refractivity contribution < 1.29 is 9.53 Å². The number of fused-ring (bicyclic) bond motifs is 1. The van der Waals surface area contributed by atoms with E-state index in [9.17, 15) is 4.79 Å². The normalized spacial score (nSPS) is 22.7. The summed E-state index contributed by atoms with van der Waals surface area (Å²) < 4.78 is 7.45. The molecule has 0 bridgehead atoms. The summed E-state index contributed by atoms with van der Waals surface area (Å²) in [5.41, 5.74) is 1.34. The van der Waals surface area contributed by atoms with Crippen molar-refractivity contribution in [3.05, 3.63) is 42.2 Å². The summed E-state index contributed by atoms with van der Waals surface area (Å²) in [5, 5.41) is 8.04. The van der Waals surface area contributed by atoms with Gasteiger partial charge >= 0.3 is 0 Å². The Labute approximate surface area is 154 Å². The molecule has 3 heterocycles. The van der Waals surface area contributed by atoms with Crippen LogP contribution in [0.5, 0.6) is 5.75 Å². The highest BCUT2D eigenvalue weighted by molar-refractivity contribution is 5.95. The predicted molar refractivity (Wildman–Crippen MR) is 99.7 cm³/mol. The second-order valence-electron chi connectivity index (χ2n) is 7.10. The van der Waals surface area contributed by atoms with Crippen LogP contribution in [0.3, 0.4) is 0 Å². The first-order valence-corrected chi connectivity index (χ1v) is 9.54. The first-order chi connectivity index (χ1) is 12.8. The van der Waals surface area contributed by atoms with E-state index in [0.717, 1.165) is 44.7 Å². The van der Waals surface area contributed by atoms with Gasteiger partial charge in [-0.15, -0.1) is 0 Å². The van der Waals surface area contributed by atoms with Gasteiger partial charge in [0.15, 0.2) is 11.4 Å². The molecule has 2 atom stereocenters. The largest absolute Gasteiger partial charge is 0.490 e. The molecule has 1 aromatic carbocycles. The third kappa shape index (κ3) is 3.33. The van der Waals surface area contributed by atoms with Gasteiger partial charge in [-0.25, -0.2) is 4.68 Å². The third-order valence-corrected chi connectivity index (χ3v) is 5.51. The van der Waals surface area contributed by atoms with Crippen molar-refractivity contribution in [2.45, 2.75) is 19.8 Å². The number of benzene rings is 1. The van der Waals surface area contributed by atoms with Crippen molar-refractivity contribution in [2.24, 2.45) is 11.8 Å². The number of rotatable bonds is 4. The minimum absolute atomic E-state index is 0.0175. The topological polar surface area (TPSA) is 59.4 Å². The number of para-hydroxylation sites is 1. The van der Waals surface area contributed by atoms with Crippen LogP contribution in [0.15, 0.2) is 36.5 Å². The number of likely N-dealkylation sites (tertiary alicyclic amines) is 1. The highest BCUT2D eigenvalue weighted by Gasteiger charge is 2.33. The van der Waals surface area contributed by atoms with Gasteiger partial charge in [0.2, 0.25) is 0 Å². The average molecular weight is 354 g/mol. The molecule has 0 spiro atoms. The number of carbonyl (C=O) groups excluding carboxylic acids is 1. The number of nitrogens with zero attached hydrogens (tertiary/aromatic N) is 3. The molecule has 138 valence electrons. The Balaban J connectivity index is 1.57. The minimum atomic E-state index is -0.0175. The summed E-state index contributed by atoms with van der Waals surface area (Å²) >= 11 is 0. The fraction of sp³-hybridized carbons (Fsp3) is 0.500. The number of nitrogens with one attached hydrogen (secondary N) is 1. The van der Waals surface area contributed by atoms with Gasteiger partial charge in [-0.05, 0) is 56.8 Å². The molecule has 6 nitrogen and oxygen atoms in total.